The Bertz CT molecular complexity index is 996. The molecule has 0 radical (unpaired) electrons. The molecule has 0 unspecified atom stereocenters. The summed E-state index contributed by atoms with van der Waals surface area (Å²) >= 11 is 0. The number of anilines is 1. The van der Waals surface area contributed by atoms with Crippen molar-refractivity contribution in [1.82, 2.24) is 4.90 Å². The molecule has 0 aromatic heterocycles. The summed E-state index contributed by atoms with van der Waals surface area (Å²) in [7, 11) is 4.54. The Morgan fingerprint density at radius 2 is 1.80 bits per heavy atom. The molecule has 0 aliphatic heterocycles. The van der Waals surface area contributed by atoms with Gasteiger partial charge in [0.2, 0.25) is 0 Å². The first-order valence-corrected chi connectivity index (χ1v) is 8.63. The van der Waals surface area contributed by atoms with E-state index < -0.39 is 12.5 Å². The summed E-state index contributed by atoms with van der Waals surface area (Å²) in [5, 5.41) is 11.9. The van der Waals surface area contributed by atoms with E-state index in [9.17, 15) is 23.6 Å². The summed E-state index contributed by atoms with van der Waals surface area (Å²) in [6.07, 6.45) is 1.29. The van der Waals surface area contributed by atoms with Crippen molar-refractivity contribution in [1.29, 1.82) is 5.26 Å². The zero-order valence-electron chi connectivity index (χ0n) is 16.5. The number of ether oxygens (including phenoxy) is 2. The van der Waals surface area contributed by atoms with Crippen LogP contribution in [-0.2, 0) is 4.79 Å². The molecule has 0 heterocycles. The van der Waals surface area contributed by atoms with Crippen molar-refractivity contribution in [2.24, 2.45) is 0 Å². The maximum atomic E-state index is 12.4. The highest BCUT2D eigenvalue weighted by Crippen LogP contribution is 2.30. The van der Waals surface area contributed by atoms with Gasteiger partial charge in [-0.25, -0.2) is 0 Å². The number of methoxy groups -OCH3 is 1. The summed E-state index contributed by atoms with van der Waals surface area (Å²) in [4.78, 5) is 25.7. The van der Waals surface area contributed by atoms with E-state index in [2.05, 4.69) is 10.1 Å². The van der Waals surface area contributed by atoms with Gasteiger partial charge >= 0.3 is 6.61 Å². The van der Waals surface area contributed by atoms with E-state index in [0.717, 1.165) is 0 Å². The van der Waals surface area contributed by atoms with Crippen molar-refractivity contribution in [2.75, 3.05) is 26.5 Å². The van der Waals surface area contributed by atoms with Gasteiger partial charge in [0.05, 0.1) is 7.11 Å². The third kappa shape index (κ3) is 5.78. The van der Waals surface area contributed by atoms with E-state index in [1.807, 2.05) is 0 Å². The summed E-state index contributed by atoms with van der Waals surface area (Å²) in [5.41, 5.74) is 1.02. The summed E-state index contributed by atoms with van der Waals surface area (Å²) in [5.74, 6) is -0.988. The molecule has 156 valence electrons. The Balaban J connectivity index is 2.19. The molecular weight excluding hydrogens is 396 g/mol. The molecule has 2 rings (SSSR count). The number of alkyl halides is 2. The van der Waals surface area contributed by atoms with Crippen LogP contribution in [0.4, 0.5) is 14.5 Å². The van der Waals surface area contributed by atoms with E-state index in [0.29, 0.717) is 16.8 Å². The Hall–Kier alpha value is -3.93. The second-order valence-electron chi connectivity index (χ2n) is 6.19. The lowest BCUT2D eigenvalue weighted by atomic mass is 10.1. The molecule has 2 aromatic rings. The van der Waals surface area contributed by atoms with Crippen LogP contribution in [0.3, 0.4) is 0 Å². The fourth-order valence-electron chi connectivity index (χ4n) is 2.44. The van der Waals surface area contributed by atoms with Gasteiger partial charge in [0.25, 0.3) is 11.8 Å². The van der Waals surface area contributed by atoms with Crippen LogP contribution in [0.15, 0.2) is 48.0 Å². The van der Waals surface area contributed by atoms with E-state index in [1.54, 1.807) is 44.4 Å². The first kappa shape index (κ1) is 22.4. The molecule has 0 spiro atoms. The number of nitriles is 1. The topological polar surface area (TPSA) is 91.7 Å². The van der Waals surface area contributed by atoms with Crippen LogP contribution in [-0.4, -0.2) is 44.5 Å². The molecule has 1 N–H and O–H groups in total. The van der Waals surface area contributed by atoms with Crippen LogP contribution in [0, 0.1) is 11.3 Å². The molecule has 0 aliphatic rings. The normalized spacial score (nSPS) is 10.9. The van der Waals surface area contributed by atoms with Crippen molar-refractivity contribution in [3.8, 4) is 17.6 Å². The van der Waals surface area contributed by atoms with Gasteiger partial charge in [0, 0.05) is 25.3 Å². The minimum atomic E-state index is -3.01. The number of hydrogen-bond acceptors (Lipinski definition) is 5. The van der Waals surface area contributed by atoms with Crippen LogP contribution in [0.2, 0.25) is 0 Å². The lowest BCUT2D eigenvalue weighted by Crippen LogP contribution is -2.21. The molecule has 0 saturated carbocycles. The zero-order valence-corrected chi connectivity index (χ0v) is 16.5. The predicted octanol–water partition coefficient (Wildman–Crippen LogP) is 3.54. The number of carbonyl (C=O) groups excluding carboxylic acids is 2. The average Bonchev–Trinajstić information content (AvgIpc) is 2.72. The number of amides is 2. The standard InChI is InChI=1S/C21H19F2N3O4/c1-26(2)20(28)14-5-7-16(8-6-14)25-19(27)15(12-24)10-13-4-9-17(30-21(22)23)18(11-13)29-3/h4-11,21H,1-3H3,(H,25,27)/b15-10+. The minimum Gasteiger partial charge on any atom is -0.493 e. The first-order valence-electron chi connectivity index (χ1n) is 8.63. The highest BCUT2D eigenvalue weighted by molar-refractivity contribution is 6.09. The lowest BCUT2D eigenvalue weighted by Gasteiger charge is -2.11. The maximum absolute atomic E-state index is 12.4. The van der Waals surface area contributed by atoms with Crippen LogP contribution < -0.4 is 14.8 Å². The summed E-state index contributed by atoms with van der Waals surface area (Å²) < 4.78 is 34.2. The number of halogens is 2. The van der Waals surface area contributed by atoms with E-state index in [4.69, 9.17) is 4.74 Å². The highest BCUT2D eigenvalue weighted by Gasteiger charge is 2.14. The van der Waals surface area contributed by atoms with Crippen molar-refractivity contribution < 1.29 is 27.8 Å². The largest absolute Gasteiger partial charge is 0.493 e. The van der Waals surface area contributed by atoms with Crippen LogP contribution in [0.1, 0.15) is 15.9 Å². The molecule has 0 bridgehead atoms. The van der Waals surface area contributed by atoms with Crippen molar-refractivity contribution in [3.63, 3.8) is 0 Å². The summed E-state index contributed by atoms with van der Waals surface area (Å²) in [6.45, 7) is -3.01. The smallest absolute Gasteiger partial charge is 0.387 e. The Labute approximate surface area is 172 Å². The van der Waals surface area contributed by atoms with Crippen LogP contribution in [0.25, 0.3) is 6.08 Å². The highest BCUT2D eigenvalue weighted by atomic mass is 19.3. The Morgan fingerprint density at radius 3 is 2.33 bits per heavy atom. The van der Waals surface area contributed by atoms with E-state index in [-0.39, 0.29) is 23.0 Å². The van der Waals surface area contributed by atoms with Crippen molar-refractivity contribution >= 4 is 23.6 Å². The number of carbonyl (C=O) groups is 2. The fraction of sp³-hybridized carbons (Fsp3) is 0.190. The number of rotatable bonds is 7. The lowest BCUT2D eigenvalue weighted by molar-refractivity contribution is -0.112. The molecular formula is C21H19F2N3O4. The van der Waals surface area contributed by atoms with Gasteiger partial charge in [0.15, 0.2) is 11.5 Å². The minimum absolute atomic E-state index is 0.0305. The maximum Gasteiger partial charge on any atom is 0.387 e. The van der Waals surface area contributed by atoms with Gasteiger partial charge in [-0.1, -0.05) is 6.07 Å². The molecule has 7 nitrogen and oxygen atoms in total. The molecule has 0 atom stereocenters. The van der Waals surface area contributed by atoms with Crippen molar-refractivity contribution in [3.05, 3.63) is 59.2 Å². The average molecular weight is 415 g/mol. The van der Waals surface area contributed by atoms with Gasteiger partial charge in [-0.2, -0.15) is 14.0 Å². The SMILES string of the molecule is COc1cc(/C=C(\C#N)C(=O)Nc2ccc(C(=O)N(C)C)cc2)ccc1OC(F)F. The van der Waals surface area contributed by atoms with E-state index >= 15 is 0 Å². The summed E-state index contributed by atoms with van der Waals surface area (Å²) in [6, 6.07) is 12.0. The van der Waals surface area contributed by atoms with Gasteiger partial charge < -0.3 is 19.7 Å². The number of benzene rings is 2. The molecule has 30 heavy (non-hydrogen) atoms. The van der Waals surface area contributed by atoms with Crippen molar-refractivity contribution in [2.45, 2.75) is 6.61 Å². The molecule has 0 fully saturated rings. The molecule has 9 heteroatoms. The van der Waals surface area contributed by atoms with Crippen LogP contribution >= 0.6 is 0 Å². The van der Waals surface area contributed by atoms with Gasteiger partial charge in [-0.05, 0) is 48.0 Å². The number of nitrogens with zero attached hydrogens (tertiary/aromatic N) is 2. The third-order valence-electron chi connectivity index (χ3n) is 3.88. The quantitative estimate of drug-likeness (QED) is 0.552. The molecule has 2 aromatic carbocycles. The third-order valence-corrected chi connectivity index (χ3v) is 3.88. The molecule has 0 saturated heterocycles. The first-order chi connectivity index (χ1) is 14.2. The Kier molecular flexibility index (Phi) is 7.47. The predicted molar refractivity (Wildman–Crippen MR) is 106 cm³/mol. The van der Waals surface area contributed by atoms with Gasteiger partial charge in [-0.15, -0.1) is 0 Å². The zero-order chi connectivity index (χ0) is 22.3. The van der Waals surface area contributed by atoms with Crippen LogP contribution in [0.5, 0.6) is 11.5 Å². The fourth-order valence-corrected chi connectivity index (χ4v) is 2.44. The number of hydrogen-bond donors (Lipinski definition) is 1. The molecule has 2 amide bonds. The van der Waals surface area contributed by atoms with Gasteiger partial charge in [0.1, 0.15) is 11.6 Å². The second kappa shape index (κ2) is 10.0. The number of nitrogens with one attached hydrogen (secondary N) is 1. The molecule has 0 aliphatic carbocycles. The second-order valence-corrected chi connectivity index (χ2v) is 6.19. The van der Waals surface area contributed by atoms with E-state index in [1.165, 1.54) is 36.3 Å². The Morgan fingerprint density at radius 1 is 1.13 bits per heavy atom. The van der Waals surface area contributed by atoms with Gasteiger partial charge in [-0.3, -0.25) is 9.59 Å². The monoisotopic (exact) mass is 415 g/mol.